The summed E-state index contributed by atoms with van der Waals surface area (Å²) < 4.78 is 0. The zero-order valence-electron chi connectivity index (χ0n) is 16.4. The molecule has 30 heavy (non-hydrogen) atoms. The van der Waals surface area contributed by atoms with Crippen LogP contribution in [0.2, 0.25) is 0 Å². The van der Waals surface area contributed by atoms with E-state index in [1.165, 1.54) is 18.2 Å². The van der Waals surface area contributed by atoms with Gasteiger partial charge in [-0.2, -0.15) is 5.26 Å². The fourth-order valence-corrected chi connectivity index (χ4v) is 3.39. The summed E-state index contributed by atoms with van der Waals surface area (Å²) in [6, 6.07) is 18.5. The number of nitriles is 1. The maximum Gasteiger partial charge on any atom is 0.266 e. The molecule has 6 nitrogen and oxygen atoms in total. The Kier molecular flexibility index (Phi) is 4.65. The first-order valence-electron chi connectivity index (χ1n) is 9.30. The Morgan fingerprint density at radius 2 is 1.60 bits per heavy atom. The van der Waals surface area contributed by atoms with Gasteiger partial charge in [-0.3, -0.25) is 14.4 Å². The average molecular weight is 395 g/mol. The molecule has 1 aliphatic rings. The second-order valence-corrected chi connectivity index (χ2v) is 7.14. The van der Waals surface area contributed by atoms with E-state index in [-0.39, 0.29) is 16.7 Å². The van der Waals surface area contributed by atoms with Crippen molar-refractivity contribution < 1.29 is 14.4 Å². The molecule has 0 radical (unpaired) electrons. The highest BCUT2D eigenvalue weighted by molar-refractivity contribution is 6.35. The summed E-state index contributed by atoms with van der Waals surface area (Å²) in [5, 5.41) is 11.6. The van der Waals surface area contributed by atoms with E-state index in [1.54, 1.807) is 30.3 Å². The largest absolute Gasteiger partial charge is 0.322 e. The number of benzene rings is 3. The molecular formula is C24H17N3O3. The van der Waals surface area contributed by atoms with E-state index in [2.05, 4.69) is 5.32 Å². The third kappa shape index (κ3) is 3.23. The topological polar surface area (TPSA) is 90.3 Å². The molecule has 3 aromatic carbocycles. The lowest BCUT2D eigenvalue weighted by atomic mass is 10.1. The van der Waals surface area contributed by atoms with Crippen molar-refractivity contribution in [3.63, 3.8) is 0 Å². The van der Waals surface area contributed by atoms with Gasteiger partial charge in [0.2, 0.25) is 0 Å². The first-order valence-corrected chi connectivity index (χ1v) is 9.30. The maximum absolute atomic E-state index is 13.0. The average Bonchev–Trinajstić information content (AvgIpc) is 3.00. The normalized spacial score (nSPS) is 12.5. The van der Waals surface area contributed by atoms with Gasteiger partial charge in [-0.15, -0.1) is 0 Å². The number of nitrogens with one attached hydrogen (secondary N) is 1. The number of anilines is 2. The van der Waals surface area contributed by atoms with Gasteiger partial charge < -0.3 is 5.32 Å². The highest BCUT2D eigenvalue weighted by Gasteiger charge is 2.37. The zero-order valence-corrected chi connectivity index (χ0v) is 16.4. The number of nitrogens with zero attached hydrogens (tertiary/aromatic N) is 2. The second kappa shape index (κ2) is 7.30. The van der Waals surface area contributed by atoms with Crippen molar-refractivity contribution in [1.29, 1.82) is 5.26 Å². The molecule has 3 amide bonds. The van der Waals surface area contributed by atoms with E-state index in [0.29, 0.717) is 16.9 Å². The van der Waals surface area contributed by atoms with Crippen LogP contribution >= 0.6 is 0 Å². The van der Waals surface area contributed by atoms with E-state index >= 15 is 0 Å². The molecule has 0 saturated carbocycles. The lowest BCUT2D eigenvalue weighted by Crippen LogP contribution is -2.30. The summed E-state index contributed by atoms with van der Waals surface area (Å²) in [5.74, 6) is -1.26. The predicted octanol–water partition coefficient (Wildman–Crippen LogP) is 4.23. The van der Waals surface area contributed by atoms with Crippen molar-refractivity contribution in [2.24, 2.45) is 0 Å². The minimum Gasteiger partial charge on any atom is -0.322 e. The number of amides is 3. The molecule has 3 aromatic rings. The van der Waals surface area contributed by atoms with E-state index in [1.807, 2.05) is 32.0 Å². The van der Waals surface area contributed by atoms with Gasteiger partial charge in [0, 0.05) is 11.3 Å². The van der Waals surface area contributed by atoms with Gasteiger partial charge in [-0.25, -0.2) is 4.90 Å². The molecule has 4 rings (SSSR count). The van der Waals surface area contributed by atoms with Gasteiger partial charge in [0.25, 0.3) is 17.7 Å². The highest BCUT2D eigenvalue weighted by atomic mass is 16.2. The summed E-state index contributed by atoms with van der Waals surface area (Å²) in [5.41, 5.74) is 4.06. The number of carbonyl (C=O) groups is 3. The highest BCUT2D eigenvalue weighted by Crippen LogP contribution is 2.32. The van der Waals surface area contributed by atoms with Crippen molar-refractivity contribution in [1.82, 2.24) is 0 Å². The van der Waals surface area contributed by atoms with Crippen LogP contribution in [0.1, 0.15) is 47.8 Å². The third-order valence-corrected chi connectivity index (χ3v) is 5.03. The van der Waals surface area contributed by atoms with Crippen LogP contribution in [0.5, 0.6) is 0 Å². The van der Waals surface area contributed by atoms with E-state index in [9.17, 15) is 14.4 Å². The summed E-state index contributed by atoms with van der Waals surface area (Å²) in [4.78, 5) is 39.7. The summed E-state index contributed by atoms with van der Waals surface area (Å²) in [6.45, 7) is 3.74. The van der Waals surface area contributed by atoms with Crippen LogP contribution in [-0.2, 0) is 0 Å². The molecule has 1 heterocycles. The van der Waals surface area contributed by atoms with Gasteiger partial charge >= 0.3 is 0 Å². The Bertz CT molecular complexity index is 1250. The number of hydrogen-bond acceptors (Lipinski definition) is 4. The first-order chi connectivity index (χ1) is 14.4. The van der Waals surface area contributed by atoms with Crippen LogP contribution in [0.3, 0.4) is 0 Å². The Balaban J connectivity index is 1.63. The molecule has 0 unspecified atom stereocenters. The Morgan fingerprint density at radius 1 is 0.900 bits per heavy atom. The third-order valence-electron chi connectivity index (χ3n) is 5.03. The summed E-state index contributed by atoms with van der Waals surface area (Å²) in [7, 11) is 0. The van der Waals surface area contributed by atoms with Crippen LogP contribution in [0, 0.1) is 25.2 Å². The van der Waals surface area contributed by atoms with Crippen LogP contribution in [0.4, 0.5) is 11.4 Å². The van der Waals surface area contributed by atoms with Gasteiger partial charge in [-0.05, 0) is 73.5 Å². The van der Waals surface area contributed by atoms with Crippen molar-refractivity contribution in [2.75, 3.05) is 10.2 Å². The molecule has 0 atom stereocenters. The Labute approximate surface area is 173 Å². The molecule has 0 aliphatic carbocycles. The summed E-state index contributed by atoms with van der Waals surface area (Å²) in [6.07, 6.45) is 0. The minimum atomic E-state index is -0.447. The van der Waals surface area contributed by atoms with Crippen molar-refractivity contribution in [3.8, 4) is 6.07 Å². The van der Waals surface area contributed by atoms with Gasteiger partial charge in [-0.1, -0.05) is 12.1 Å². The number of hydrogen-bond donors (Lipinski definition) is 1. The summed E-state index contributed by atoms with van der Waals surface area (Å²) >= 11 is 0. The van der Waals surface area contributed by atoms with Gasteiger partial charge in [0.1, 0.15) is 0 Å². The zero-order chi connectivity index (χ0) is 21.4. The molecule has 0 spiro atoms. The van der Waals surface area contributed by atoms with E-state index in [4.69, 9.17) is 5.26 Å². The Hall–Kier alpha value is -4.24. The fourth-order valence-electron chi connectivity index (χ4n) is 3.39. The molecule has 0 aromatic heterocycles. The first kappa shape index (κ1) is 19.1. The molecule has 0 bridgehead atoms. The monoisotopic (exact) mass is 395 g/mol. The number of fused-ring (bicyclic) bond motifs is 1. The molecule has 6 heteroatoms. The fraction of sp³-hybridized carbons (Fsp3) is 0.0833. The van der Waals surface area contributed by atoms with E-state index < -0.39 is 17.7 Å². The lowest BCUT2D eigenvalue weighted by molar-refractivity contribution is 0.0925. The van der Waals surface area contributed by atoms with Crippen LogP contribution in [0.25, 0.3) is 0 Å². The van der Waals surface area contributed by atoms with Crippen LogP contribution < -0.4 is 10.2 Å². The number of rotatable bonds is 3. The number of carbonyl (C=O) groups excluding carboxylic acids is 3. The van der Waals surface area contributed by atoms with Crippen LogP contribution in [0.15, 0.2) is 60.7 Å². The van der Waals surface area contributed by atoms with Gasteiger partial charge in [0.15, 0.2) is 0 Å². The second-order valence-electron chi connectivity index (χ2n) is 7.14. The van der Waals surface area contributed by atoms with Crippen molar-refractivity contribution in [3.05, 3.63) is 94.0 Å². The quantitative estimate of drug-likeness (QED) is 0.672. The number of aryl methyl sites for hydroxylation is 2. The smallest absolute Gasteiger partial charge is 0.266 e. The standard InChI is InChI=1S/C24H17N3O3/c1-14-3-4-15(2)21(11-14)27-23(29)19-10-7-17(12-20(19)24(27)30)22(28)26-18-8-5-16(13-25)6-9-18/h3-12H,1-2H3,(H,26,28). The molecule has 0 saturated heterocycles. The molecule has 0 fully saturated rings. The molecule has 1 aliphatic heterocycles. The molecule has 1 N–H and O–H groups in total. The molecular weight excluding hydrogens is 378 g/mol. The lowest BCUT2D eigenvalue weighted by Gasteiger charge is -2.17. The van der Waals surface area contributed by atoms with Gasteiger partial charge in [0.05, 0.1) is 28.4 Å². The van der Waals surface area contributed by atoms with Crippen molar-refractivity contribution in [2.45, 2.75) is 13.8 Å². The van der Waals surface area contributed by atoms with Crippen LogP contribution in [-0.4, -0.2) is 17.7 Å². The molecule has 146 valence electrons. The minimum absolute atomic E-state index is 0.202. The van der Waals surface area contributed by atoms with E-state index in [0.717, 1.165) is 16.0 Å². The SMILES string of the molecule is Cc1ccc(C)c(N2C(=O)c3ccc(C(=O)Nc4ccc(C#N)cc4)cc3C2=O)c1. The number of imide groups is 1. The maximum atomic E-state index is 13.0. The van der Waals surface area contributed by atoms with Crippen molar-refractivity contribution >= 4 is 29.1 Å². The Morgan fingerprint density at radius 3 is 2.30 bits per heavy atom. The predicted molar refractivity (Wildman–Crippen MR) is 113 cm³/mol.